The van der Waals surface area contributed by atoms with Crippen LogP contribution in [-0.4, -0.2) is 31.6 Å². The number of hydrogen-bond acceptors (Lipinski definition) is 6. The number of anilines is 1. The Balaban J connectivity index is 2.11. The fourth-order valence-corrected chi connectivity index (χ4v) is 3.66. The molecule has 0 unspecified atom stereocenters. The summed E-state index contributed by atoms with van der Waals surface area (Å²) in [7, 11) is 0.510. The third-order valence-corrected chi connectivity index (χ3v) is 5.36. The van der Waals surface area contributed by atoms with E-state index >= 15 is 4.39 Å². The summed E-state index contributed by atoms with van der Waals surface area (Å²) in [4.78, 5) is 1.53. The van der Waals surface area contributed by atoms with E-state index in [-0.39, 0.29) is 18.8 Å². The van der Waals surface area contributed by atoms with E-state index in [0.29, 0.717) is 11.5 Å². The van der Waals surface area contributed by atoms with E-state index in [0.717, 1.165) is 24.1 Å². The van der Waals surface area contributed by atoms with Gasteiger partial charge in [0.1, 0.15) is 28.6 Å². The van der Waals surface area contributed by atoms with E-state index in [9.17, 15) is 23.2 Å². The lowest BCUT2D eigenvalue weighted by Gasteiger charge is -2.28. The largest absolute Gasteiger partial charge is 0.707 e. The zero-order chi connectivity index (χ0) is 25.8. The maximum Gasteiger partial charge on any atom is 0.707 e. The highest BCUT2D eigenvalue weighted by atomic mass is 19.4. The van der Waals surface area contributed by atoms with Crippen LogP contribution in [0, 0.1) is 12.7 Å². The Morgan fingerprint density at radius 1 is 0.857 bits per heavy atom. The Morgan fingerprint density at radius 3 is 1.69 bits per heavy atom. The molecule has 0 bridgehead atoms. The van der Waals surface area contributed by atoms with Gasteiger partial charge in [-0.3, -0.25) is 0 Å². The van der Waals surface area contributed by atoms with Crippen LogP contribution in [-0.2, 0) is 19.3 Å². The number of nitrogens with zero attached hydrogens (tertiary/aromatic N) is 1. The van der Waals surface area contributed by atoms with E-state index in [1.54, 1.807) is 48.5 Å². The number of ether oxygens (including phenoxy) is 2. The molecule has 6 nitrogen and oxygen atoms in total. The molecule has 0 radical (unpaired) electrons. The Bertz CT molecular complexity index is 1090. The first-order valence-electron chi connectivity index (χ1n) is 10.5. The van der Waals surface area contributed by atoms with Crippen molar-refractivity contribution in [1.29, 1.82) is 0 Å². The van der Waals surface area contributed by atoms with Crippen molar-refractivity contribution in [1.82, 2.24) is 0 Å². The second kappa shape index (κ2) is 10.9. The molecular formula is C24H24BF4NO5. The molecule has 0 heterocycles. The minimum atomic E-state index is -4.98. The van der Waals surface area contributed by atoms with E-state index < -0.39 is 36.2 Å². The van der Waals surface area contributed by atoms with Crippen molar-refractivity contribution < 1.29 is 41.7 Å². The van der Waals surface area contributed by atoms with Gasteiger partial charge >= 0.3 is 13.5 Å². The predicted molar refractivity (Wildman–Crippen MR) is 123 cm³/mol. The normalized spacial score (nSPS) is 11.2. The van der Waals surface area contributed by atoms with Gasteiger partial charge in [0.15, 0.2) is 0 Å². The van der Waals surface area contributed by atoms with Crippen molar-refractivity contribution in [3.63, 3.8) is 0 Å². The van der Waals surface area contributed by atoms with Crippen molar-refractivity contribution in [2.75, 3.05) is 19.1 Å². The minimum Gasteiger partial charge on any atom is -0.511 e. The molecule has 0 fully saturated rings. The summed E-state index contributed by atoms with van der Waals surface area (Å²) in [6.07, 6.45) is -4.98. The van der Waals surface area contributed by atoms with Gasteiger partial charge in [-0.15, -0.1) is 0 Å². The van der Waals surface area contributed by atoms with Crippen LogP contribution in [0.2, 0.25) is 0 Å². The topological polar surface area (TPSA) is 71.4 Å². The number of halogens is 4. The first-order chi connectivity index (χ1) is 16.5. The monoisotopic (exact) mass is 493 g/mol. The number of hydrogen-bond donors (Lipinski definition) is 2. The SMILES string of the molecule is COc1ccc(CN(Cc2ccc(OC)cc2)c2cc(OB(O)O)c(C(F)(F)F)c(C)c2F)cc1. The van der Waals surface area contributed by atoms with Gasteiger partial charge in [0.05, 0.1) is 19.9 Å². The summed E-state index contributed by atoms with van der Waals surface area (Å²) in [6, 6.07) is 14.7. The molecular weight excluding hydrogens is 469 g/mol. The Morgan fingerprint density at radius 2 is 1.31 bits per heavy atom. The quantitative estimate of drug-likeness (QED) is 0.332. The predicted octanol–water partition coefficient (Wildman–Crippen LogP) is 4.73. The van der Waals surface area contributed by atoms with E-state index in [4.69, 9.17) is 9.47 Å². The standard InChI is InChI=1S/C24H24BF4NO5/c1-15-22(24(27,28)29)21(35-25(31)32)12-20(23(15)26)30(13-16-4-8-18(33-2)9-5-16)14-17-6-10-19(34-3)11-7-17/h4-12,31-32H,13-14H2,1-3H3. The highest BCUT2D eigenvalue weighted by molar-refractivity contribution is 6.33. The van der Waals surface area contributed by atoms with Gasteiger partial charge in [-0.1, -0.05) is 24.3 Å². The first-order valence-corrected chi connectivity index (χ1v) is 10.5. The number of benzene rings is 3. The van der Waals surface area contributed by atoms with E-state index in [1.807, 2.05) is 0 Å². The Hall–Kier alpha value is -3.44. The van der Waals surface area contributed by atoms with Gasteiger partial charge in [0.25, 0.3) is 0 Å². The van der Waals surface area contributed by atoms with Crippen molar-refractivity contribution in [3.8, 4) is 17.2 Å². The van der Waals surface area contributed by atoms with Gasteiger partial charge in [-0.2, -0.15) is 13.2 Å². The zero-order valence-corrected chi connectivity index (χ0v) is 19.3. The van der Waals surface area contributed by atoms with Crippen LogP contribution in [0.4, 0.5) is 23.2 Å². The molecule has 0 spiro atoms. The molecule has 0 aliphatic rings. The van der Waals surface area contributed by atoms with E-state index in [1.165, 1.54) is 19.1 Å². The zero-order valence-electron chi connectivity index (χ0n) is 19.3. The van der Waals surface area contributed by atoms with Crippen LogP contribution in [0.3, 0.4) is 0 Å². The molecule has 35 heavy (non-hydrogen) atoms. The molecule has 3 rings (SSSR count). The fraction of sp³-hybridized carbons (Fsp3) is 0.250. The maximum atomic E-state index is 15.4. The molecule has 2 N–H and O–H groups in total. The van der Waals surface area contributed by atoms with Gasteiger partial charge in [0.2, 0.25) is 0 Å². The van der Waals surface area contributed by atoms with Gasteiger partial charge in [-0.25, -0.2) is 4.39 Å². The summed E-state index contributed by atoms with van der Waals surface area (Å²) in [5.74, 6) is -0.769. The number of rotatable bonds is 9. The molecule has 3 aromatic rings. The number of methoxy groups -OCH3 is 2. The molecule has 11 heteroatoms. The fourth-order valence-electron chi connectivity index (χ4n) is 3.66. The van der Waals surface area contributed by atoms with Crippen LogP contribution in [0.5, 0.6) is 17.2 Å². The summed E-state index contributed by atoms with van der Waals surface area (Å²) in [5, 5.41) is 18.4. The molecule has 0 saturated heterocycles. The van der Waals surface area contributed by atoms with Crippen molar-refractivity contribution in [2.24, 2.45) is 0 Å². The highest BCUT2D eigenvalue weighted by Gasteiger charge is 2.39. The average Bonchev–Trinajstić information content (AvgIpc) is 2.80. The third-order valence-electron chi connectivity index (χ3n) is 5.36. The lowest BCUT2D eigenvalue weighted by Crippen LogP contribution is -2.27. The van der Waals surface area contributed by atoms with E-state index in [2.05, 4.69) is 4.65 Å². The minimum absolute atomic E-state index is 0.124. The lowest BCUT2D eigenvalue weighted by molar-refractivity contribution is -0.139. The summed E-state index contributed by atoms with van der Waals surface area (Å²) >= 11 is 0. The molecule has 0 aliphatic carbocycles. The molecule has 0 aliphatic heterocycles. The van der Waals surface area contributed by atoms with Crippen LogP contribution in [0.25, 0.3) is 0 Å². The molecule has 0 saturated carbocycles. The first kappa shape index (κ1) is 26.2. The van der Waals surface area contributed by atoms with Crippen LogP contribution < -0.4 is 19.0 Å². The Kier molecular flexibility index (Phi) is 8.13. The molecule has 186 valence electrons. The van der Waals surface area contributed by atoms with Gasteiger partial charge in [-0.05, 0) is 42.3 Å². The average molecular weight is 493 g/mol. The Labute approximate surface area is 200 Å². The van der Waals surface area contributed by atoms with Crippen LogP contribution in [0.1, 0.15) is 22.3 Å². The molecule has 0 amide bonds. The van der Waals surface area contributed by atoms with Crippen LogP contribution in [0.15, 0.2) is 54.6 Å². The van der Waals surface area contributed by atoms with Crippen molar-refractivity contribution in [2.45, 2.75) is 26.2 Å². The summed E-state index contributed by atoms with van der Waals surface area (Å²) < 4.78 is 71.4. The van der Waals surface area contributed by atoms with Crippen molar-refractivity contribution in [3.05, 3.63) is 82.7 Å². The maximum absolute atomic E-state index is 15.4. The molecule has 0 aromatic heterocycles. The third kappa shape index (κ3) is 6.37. The smallest absolute Gasteiger partial charge is 0.511 e. The van der Waals surface area contributed by atoms with Crippen LogP contribution >= 0.6 is 0 Å². The lowest BCUT2D eigenvalue weighted by atomic mass is 10.0. The summed E-state index contributed by atoms with van der Waals surface area (Å²) in [5.41, 5.74) is -0.861. The summed E-state index contributed by atoms with van der Waals surface area (Å²) in [6.45, 7) is 1.22. The number of alkyl halides is 3. The van der Waals surface area contributed by atoms with Gasteiger partial charge < -0.3 is 29.1 Å². The molecule has 3 aromatic carbocycles. The van der Waals surface area contributed by atoms with Gasteiger partial charge in [0, 0.05) is 24.7 Å². The molecule has 0 atom stereocenters. The second-order valence-corrected chi connectivity index (χ2v) is 7.70. The highest BCUT2D eigenvalue weighted by Crippen LogP contribution is 2.43. The van der Waals surface area contributed by atoms with Crippen molar-refractivity contribution >= 4 is 13.0 Å². The second-order valence-electron chi connectivity index (χ2n) is 7.70.